The lowest BCUT2D eigenvalue weighted by atomic mass is 10.1. The Balaban J connectivity index is 1.50. The minimum atomic E-state index is 0.186. The Morgan fingerprint density at radius 1 is 1.03 bits per heavy atom. The fraction of sp³-hybridized carbons (Fsp3) is 0.292. The molecule has 0 radical (unpaired) electrons. The minimum absolute atomic E-state index is 0.186. The quantitative estimate of drug-likeness (QED) is 0.412. The van der Waals surface area contributed by atoms with Gasteiger partial charge in [0, 0.05) is 11.3 Å². The van der Waals surface area contributed by atoms with Crippen molar-refractivity contribution in [3.05, 3.63) is 71.4 Å². The SMILES string of the molecule is CCC(C)Oc1ccc(-c2noc(-c3cc(C)n(Cc4ccc(C)cc4)n3)n2)cc1. The van der Waals surface area contributed by atoms with Crippen molar-refractivity contribution in [2.24, 2.45) is 0 Å². The smallest absolute Gasteiger partial charge is 0.278 e. The normalized spacial score (nSPS) is 12.1. The first-order valence-electron chi connectivity index (χ1n) is 10.2. The maximum Gasteiger partial charge on any atom is 0.278 e. The van der Waals surface area contributed by atoms with Crippen LogP contribution in [0.2, 0.25) is 0 Å². The molecule has 2 aromatic heterocycles. The van der Waals surface area contributed by atoms with Gasteiger partial charge in [-0.1, -0.05) is 41.9 Å². The molecular formula is C24H26N4O2. The van der Waals surface area contributed by atoms with E-state index in [-0.39, 0.29) is 6.10 Å². The molecular weight excluding hydrogens is 376 g/mol. The van der Waals surface area contributed by atoms with Crippen LogP contribution < -0.4 is 4.74 Å². The highest BCUT2D eigenvalue weighted by atomic mass is 16.5. The number of ether oxygens (including phenoxy) is 1. The Morgan fingerprint density at radius 2 is 1.77 bits per heavy atom. The van der Waals surface area contributed by atoms with E-state index in [4.69, 9.17) is 9.26 Å². The van der Waals surface area contributed by atoms with Crippen molar-refractivity contribution in [1.29, 1.82) is 0 Å². The van der Waals surface area contributed by atoms with Gasteiger partial charge in [-0.15, -0.1) is 0 Å². The number of rotatable bonds is 7. The standard InChI is InChI=1S/C24H26N4O2/c1-5-18(4)29-21-12-10-20(11-13-21)23-25-24(30-27-23)22-14-17(3)28(26-22)15-19-8-6-16(2)7-9-19/h6-14,18H,5,15H2,1-4H3. The summed E-state index contributed by atoms with van der Waals surface area (Å²) < 4.78 is 13.3. The van der Waals surface area contributed by atoms with E-state index in [0.29, 0.717) is 24.0 Å². The third-order valence-corrected chi connectivity index (χ3v) is 5.10. The zero-order chi connectivity index (χ0) is 21.1. The summed E-state index contributed by atoms with van der Waals surface area (Å²) in [6, 6.07) is 18.2. The number of aromatic nitrogens is 4. The fourth-order valence-corrected chi connectivity index (χ4v) is 3.08. The maximum atomic E-state index is 5.82. The maximum absolute atomic E-state index is 5.82. The summed E-state index contributed by atoms with van der Waals surface area (Å²) in [6.07, 6.45) is 1.15. The number of aryl methyl sites for hydroxylation is 2. The van der Waals surface area contributed by atoms with Crippen LogP contribution in [0.25, 0.3) is 23.0 Å². The number of hydrogen-bond donors (Lipinski definition) is 0. The monoisotopic (exact) mass is 402 g/mol. The molecule has 0 fully saturated rings. The van der Waals surface area contributed by atoms with Gasteiger partial charge in [-0.2, -0.15) is 10.1 Å². The first-order valence-corrected chi connectivity index (χ1v) is 10.2. The fourth-order valence-electron chi connectivity index (χ4n) is 3.08. The number of benzene rings is 2. The second kappa shape index (κ2) is 8.53. The molecule has 0 aliphatic heterocycles. The Bertz CT molecular complexity index is 1110. The number of nitrogens with zero attached hydrogens (tertiary/aromatic N) is 4. The van der Waals surface area contributed by atoms with Gasteiger partial charge in [-0.25, -0.2) is 0 Å². The molecule has 0 aliphatic rings. The van der Waals surface area contributed by atoms with Gasteiger partial charge in [0.15, 0.2) is 5.69 Å². The Morgan fingerprint density at radius 3 is 2.47 bits per heavy atom. The highest BCUT2D eigenvalue weighted by Crippen LogP contribution is 2.24. The van der Waals surface area contributed by atoms with Crippen LogP contribution in [0.4, 0.5) is 0 Å². The molecule has 1 atom stereocenters. The predicted octanol–water partition coefficient (Wildman–Crippen LogP) is 5.44. The van der Waals surface area contributed by atoms with Crippen molar-refractivity contribution in [3.63, 3.8) is 0 Å². The molecule has 6 nitrogen and oxygen atoms in total. The van der Waals surface area contributed by atoms with Crippen LogP contribution in [0.3, 0.4) is 0 Å². The van der Waals surface area contributed by atoms with Crippen LogP contribution in [0, 0.1) is 13.8 Å². The van der Waals surface area contributed by atoms with Gasteiger partial charge < -0.3 is 9.26 Å². The van der Waals surface area contributed by atoms with E-state index in [0.717, 1.165) is 23.4 Å². The van der Waals surface area contributed by atoms with E-state index in [1.807, 2.05) is 41.9 Å². The molecule has 2 aromatic carbocycles. The van der Waals surface area contributed by atoms with Crippen LogP contribution in [0.5, 0.6) is 5.75 Å². The molecule has 4 rings (SSSR count). The van der Waals surface area contributed by atoms with Crippen LogP contribution >= 0.6 is 0 Å². The summed E-state index contributed by atoms with van der Waals surface area (Å²) in [7, 11) is 0. The molecule has 0 spiro atoms. The van der Waals surface area contributed by atoms with Crippen molar-refractivity contribution < 1.29 is 9.26 Å². The highest BCUT2D eigenvalue weighted by Gasteiger charge is 2.15. The van der Waals surface area contributed by atoms with E-state index in [9.17, 15) is 0 Å². The lowest BCUT2D eigenvalue weighted by Crippen LogP contribution is -2.09. The van der Waals surface area contributed by atoms with Crippen molar-refractivity contribution >= 4 is 0 Å². The average Bonchev–Trinajstić information content (AvgIpc) is 3.37. The van der Waals surface area contributed by atoms with E-state index in [1.54, 1.807) is 0 Å². The molecule has 30 heavy (non-hydrogen) atoms. The largest absolute Gasteiger partial charge is 0.491 e. The topological polar surface area (TPSA) is 66.0 Å². The second-order valence-electron chi connectivity index (χ2n) is 7.60. The summed E-state index contributed by atoms with van der Waals surface area (Å²) in [4.78, 5) is 4.54. The van der Waals surface area contributed by atoms with Crippen LogP contribution in [-0.4, -0.2) is 26.0 Å². The Labute approximate surface area is 176 Å². The van der Waals surface area contributed by atoms with Gasteiger partial charge in [-0.3, -0.25) is 4.68 Å². The third kappa shape index (κ3) is 4.43. The van der Waals surface area contributed by atoms with Crippen LogP contribution in [0.1, 0.15) is 37.1 Å². The van der Waals surface area contributed by atoms with Gasteiger partial charge in [0.1, 0.15) is 5.75 Å². The first-order chi connectivity index (χ1) is 14.5. The third-order valence-electron chi connectivity index (χ3n) is 5.10. The molecule has 0 saturated heterocycles. The zero-order valence-electron chi connectivity index (χ0n) is 17.8. The van der Waals surface area contributed by atoms with E-state index < -0.39 is 0 Å². The second-order valence-corrected chi connectivity index (χ2v) is 7.60. The molecule has 154 valence electrons. The van der Waals surface area contributed by atoms with Gasteiger partial charge in [0.2, 0.25) is 5.82 Å². The van der Waals surface area contributed by atoms with E-state index >= 15 is 0 Å². The highest BCUT2D eigenvalue weighted by molar-refractivity contribution is 5.58. The summed E-state index contributed by atoms with van der Waals surface area (Å²) in [6.45, 7) is 8.96. The molecule has 4 aromatic rings. The van der Waals surface area contributed by atoms with Crippen LogP contribution in [-0.2, 0) is 6.54 Å². The molecule has 0 bridgehead atoms. The van der Waals surface area contributed by atoms with Gasteiger partial charge >= 0.3 is 0 Å². The van der Waals surface area contributed by atoms with Crippen molar-refractivity contribution in [1.82, 2.24) is 19.9 Å². The Kier molecular flexibility index (Phi) is 5.65. The van der Waals surface area contributed by atoms with Crippen molar-refractivity contribution in [2.75, 3.05) is 0 Å². The summed E-state index contributed by atoms with van der Waals surface area (Å²) in [5.41, 5.74) is 5.03. The molecule has 6 heteroatoms. The average molecular weight is 402 g/mol. The number of hydrogen-bond acceptors (Lipinski definition) is 5. The molecule has 0 N–H and O–H groups in total. The van der Waals surface area contributed by atoms with Crippen LogP contribution in [0.15, 0.2) is 59.1 Å². The predicted molar refractivity (Wildman–Crippen MR) is 116 cm³/mol. The van der Waals surface area contributed by atoms with Gasteiger partial charge in [0.05, 0.1) is 12.6 Å². The summed E-state index contributed by atoms with van der Waals surface area (Å²) >= 11 is 0. The van der Waals surface area contributed by atoms with Crippen molar-refractivity contribution in [2.45, 2.75) is 46.8 Å². The molecule has 0 aliphatic carbocycles. The van der Waals surface area contributed by atoms with Gasteiger partial charge in [-0.05, 0) is 63.1 Å². The molecule has 0 saturated carbocycles. The molecule has 1 unspecified atom stereocenters. The van der Waals surface area contributed by atoms with E-state index in [1.165, 1.54) is 11.1 Å². The van der Waals surface area contributed by atoms with Crippen molar-refractivity contribution in [3.8, 4) is 28.7 Å². The summed E-state index contributed by atoms with van der Waals surface area (Å²) in [5, 5.41) is 8.79. The van der Waals surface area contributed by atoms with E-state index in [2.05, 4.69) is 60.3 Å². The Hall–Kier alpha value is -3.41. The summed E-state index contributed by atoms with van der Waals surface area (Å²) in [5.74, 6) is 1.78. The minimum Gasteiger partial charge on any atom is -0.491 e. The van der Waals surface area contributed by atoms with Gasteiger partial charge in [0.25, 0.3) is 5.89 Å². The first kappa shape index (κ1) is 19.9. The zero-order valence-corrected chi connectivity index (χ0v) is 17.8. The lowest BCUT2D eigenvalue weighted by Gasteiger charge is -2.12. The lowest BCUT2D eigenvalue weighted by molar-refractivity contribution is 0.217. The molecule has 2 heterocycles. The molecule has 0 amide bonds.